The summed E-state index contributed by atoms with van der Waals surface area (Å²) in [5.41, 5.74) is 1.27. The molecule has 14 heavy (non-hydrogen) atoms. The third-order valence-electron chi connectivity index (χ3n) is 2.37. The fraction of sp³-hybridized carbons (Fsp3) is 0.333. The van der Waals surface area contributed by atoms with E-state index >= 15 is 0 Å². The Hall–Kier alpha value is -0.950. The molecule has 0 bridgehead atoms. The van der Waals surface area contributed by atoms with Crippen molar-refractivity contribution in [3.63, 3.8) is 0 Å². The van der Waals surface area contributed by atoms with Gasteiger partial charge in [-0.2, -0.15) is 0 Å². The number of unbranched alkanes of at least 4 members (excludes halogenated alkanes) is 1. The zero-order valence-corrected chi connectivity index (χ0v) is 8.80. The first-order chi connectivity index (χ1) is 6.92. The number of benzene rings is 1. The van der Waals surface area contributed by atoms with Gasteiger partial charge in [0.2, 0.25) is 0 Å². The van der Waals surface area contributed by atoms with Gasteiger partial charge in [-0.1, -0.05) is 18.2 Å². The molecule has 0 N–H and O–H groups in total. The first-order valence-electron chi connectivity index (χ1n) is 4.93. The minimum absolute atomic E-state index is 0.753. The predicted octanol–water partition coefficient (Wildman–Crippen LogP) is 3.46. The van der Waals surface area contributed by atoms with E-state index in [4.69, 9.17) is 11.6 Å². The summed E-state index contributed by atoms with van der Waals surface area (Å²) in [5, 5.41) is 1.19. The molecular formula is C12H13ClN. The molecular weight excluding hydrogens is 194 g/mol. The van der Waals surface area contributed by atoms with E-state index in [1.54, 1.807) is 0 Å². The summed E-state index contributed by atoms with van der Waals surface area (Å²) >= 11 is 5.64. The number of aryl methyl sites for hydroxylation is 1. The number of hydrogen-bond donors (Lipinski definition) is 0. The molecule has 1 radical (unpaired) electrons. The summed E-state index contributed by atoms with van der Waals surface area (Å²) in [6.07, 6.45) is 4.24. The molecule has 0 fully saturated rings. The van der Waals surface area contributed by atoms with Gasteiger partial charge in [0, 0.05) is 35.6 Å². The summed E-state index contributed by atoms with van der Waals surface area (Å²) in [6, 6.07) is 11.6. The number of para-hydroxylation sites is 1. The highest BCUT2D eigenvalue weighted by Gasteiger charge is 1.98. The lowest BCUT2D eigenvalue weighted by Crippen LogP contribution is -1.95. The van der Waals surface area contributed by atoms with E-state index in [2.05, 4.69) is 28.8 Å². The molecule has 2 rings (SSSR count). The Morgan fingerprint density at radius 2 is 2.07 bits per heavy atom. The summed E-state index contributed by atoms with van der Waals surface area (Å²) in [7, 11) is 0. The molecule has 0 unspecified atom stereocenters. The van der Waals surface area contributed by atoms with E-state index in [0.29, 0.717) is 0 Å². The second-order valence-corrected chi connectivity index (χ2v) is 3.76. The van der Waals surface area contributed by atoms with Crippen LogP contribution in [-0.2, 0) is 6.54 Å². The molecule has 1 aromatic carbocycles. The minimum Gasteiger partial charge on any atom is -0.347 e. The predicted molar refractivity (Wildman–Crippen MR) is 60.7 cm³/mol. The van der Waals surface area contributed by atoms with Crippen LogP contribution in [0, 0.1) is 6.07 Å². The molecule has 2 aromatic rings. The number of fused-ring (bicyclic) bond motifs is 1. The van der Waals surface area contributed by atoms with E-state index in [0.717, 1.165) is 25.3 Å². The van der Waals surface area contributed by atoms with Crippen molar-refractivity contribution >= 4 is 22.5 Å². The van der Waals surface area contributed by atoms with Gasteiger partial charge in [-0.15, -0.1) is 11.6 Å². The maximum absolute atomic E-state index is 5.64. The second kappa shape index (κ2) is 4.52. The van der Waals surface area contributed by atoms with Crippen LogP contribution in [0.15, 0.2) is 30.5 Å². The summed E-state index contributed by atoms with van der Waals surface area (Å²) < 4.78 is 2.24. The highest BCUT2D eigenvalue weighted by atomic mass is 35.5. The van der Waals surface area contributed by atoms with Gasteiger partial charge in [-0.05, 0) is 18.9 Å². The van der Waals surface area contributed by atoms with Crippen molar-refractivity contribution in [1.29, 1.82) is 0 Å². The number of hydrogen-bond acceptors (Lipinski definition) is 0. The Labute approximate surface area is 89.3 Å². The highest BCUT2D eigenvalue weighted by molar-refractivity contribution is 6.17. The fourth-order valence-electron chi connectivity index (χ4n) is 1.62. The molecule has 0 spiro atoms. The molecule has 0 aliphatic heterocycles. The van der Waals surface area contributed by atoms with Gasteiger partial charge in [0.25, 0.3) is 0 Å². The van der Waals surface area contributed by atoms with Crippen LogP contribution in [0.25, 0.3) is 10.9 Å². The Morgan fingerprint density at radius 3 is 2.93 bits per heavy atom. The summed E-state index contributed by atoms with van der Waals surface area (Å²) in [6.45, 7) is 1.04. The monoisotopic (exact) mass is 206 g/mol. The number of halogens is 1. The van der Waals surface area contributed by atoms with Gasteiger partial charge >= 0.3 is 0 Å². The van der Waals surface area contributed by atoms with Crippen LogP contribution in [0.5, 0.6) is 0 Å². The molecule has 0 saturated carbocycles. The minimum atomic E-state index is 0.753. The van der Waals surface area contributed by atoms with E-state index in [9.17, 15) is 0 Å². The third-order valence-corrected chi connectivity index (χ3v) is 2.64. The lowest BCUT2D eigenvalue weighted by atomic mass is 10.2. The van der Waals surface area contributed by atoms with Crippen LogP contribution in [0.3, 0.4) is 0 Å². The van der Waals surface area contributed by atoms with Gasteiger partial charge < -0.3 is 4.57 Å². The SMILES string of the molecule is ClCCCCn1c[c]c2ccccc21. The number of aromatic nitrogens is 1. The van der Waals surface area contributed by atoms with Crippen molar-refractivity contribution in [3.05, 3.63) is 36.5 Å². The summed E-state index contributed by atoms with van der Waals surface area (Å²) in [4.78, 5) is 0. The third kappa shape index (κ3) is 1.93. The lowest BCUT2D eigenvalue weighted by molar-refractivity contribution is 0.652. The Bertz CT molecular complexity index is 405. The normalized spacial score (nSPS) is 10.9. The molecule has 73 valence electrons. The molecule has 0 amide bonds. The maximum atomic E-state index is 5.64. The molecule has 1 aromatic heterocycles. The van der Waals surface area contributed by atoms with Crippen LogP contribution in [0.1, 0.15) is 12.8 Å². The van der Waals surface area contributed by atoms with Crippen molar-refractivity contribution in [1.82, 2.24) is 4.57 Å². The van der Waals surface area contributed by atoms with E-state index < -0.39 is 0 Å². The molecule has 1 heterocycles. The van der Waals surface area contributed by atoms with Crippen molar-refractivity contribution in [2.75, 3.05) is 5.88 Å². The Morgan fingerprint density at radius 1 is 1.21 bits per heavy atom. The zero-order valence-electron chi connectivity index (χ0n) is 8.04. The van der Waals surface area contributed by atoms with Crippen LogP contribution in [0.2, 0.25) is 0 Å². The van der Waals surface area contributed by atoms with Gasteiger partial charge in [-0.25, -0.2) is 0 Å². The molecule has 0 aliphatic rings. The number of rotatable bonds is 4. The average Bonchev–Trinajstić information content (AvgIpc) is 2.63. The van der Waals surface area contributed by atoms with Gasteiger partial charge in [0.05, 0.1) is 0 Å². The molecule has 1 nitrogen and oxygen atoms in total. The van der Waals surface area contributed by atoms with Crippen molar-refractivity contribution in [2.24, 2.45) is 0 Å². The highest BCUT2D eigenvalue weighted by Crippen LogP contribution is 2.14. The van der Waals surface area contributed by atoms with Crippen LogP contribution < -0.4 is 0 Å². The van der Waals surface area contributed by atoms with Crippen molar-refractivity contribution in [2.45, 2.75) is 19.4 Å². The Balaban J connectivity index is 2.17. The Kier molecular flexibility index (Phi) is 3.10. The fourth-order valence-corrected chi connectivity index (χ4v) is 1.81. The van der Waals surface area contributed by atoms with Crippen LogP contribution >= 0.6 is 11.6 Å². The molecule has 0 saturated heterocycles. The van der Waals surface area contributed by atoms with Crippen molar-refractivity contribution < 1.29 is 0 Å². The zero-order chi connectivity index (χ0) is 9.80. The van der Waals surface area contributed by atoms with Crippen molar-refractivity contribution in [3.8, 4) is 0 Å². The number of nitrogens with zero attached hydrogens (tertiary/aromatic N) is 1. The van der Waals surface area contributed by atoms with E-state index in [-0.39, 0.29) is 0 Å². The topological polar surface area (TPSA) is 4.93 Å². The molecule has 2 heteroatoms. The van der Waals surface area contributed by atoms with Gasteiger partial charge in [0.15, 0.2) is 0 Å². The molecule has 0 aliphatic carbocycles. The van der Waals surface area contributed by atoms with E-state index in [1.807, 2.05) is 12.3 Å². The van der Waals surface area contributed by atoms with Gasteiger partial charge in [0.1, 0.15) is 0 Å². The largest absolute Gasteiger partial charge is 0.347 e. The van der Waals surface area contributed by atoms with Crippen LogP contribution in [0.4, 0.5) is 0 Å². The quantitative estimate of drug-likeness (QED) is 0.534. The first kappa shape index (κ1) is 9.60. The van der Waals surface area contributed by atoms with E-state index in [1.165, 1.54) is 10.9 Å². The molecule has 0 atom stereocenters. The average molecular weight is 207 g/mol. The number of alkyl halides is 1. The standard InChI is InChI=1S/C12H13ClN/c13-8-3-4-9-14-10-7-11-5-1-2-6-12(11)14/h1-2,5-6,10H,3-4,8-9H2. The second-order valence-electron chi connectivity index (χ2n) is 3.38. The maximum Gasteiger partial charge on any atom is 0.0486 e. The van der Waals surface area contributed by atoms with Crippen LogP contribution in [-0.4, -0.2) is 10.4 Å². The first-order valence-corrected chi connectivity index (χ1v) is 5.47. The smallest absolute Gasteiger partial charge is 0.0486 e. The summed E-state index contributed by atoms with van der Waals surface area (Å²) in [5.74, 6) is 0.753. The van der Waals surface area contributed by atoms with Gasteiger partial charge in [-0.3, -0.25) is 0 Å². The lowest BCUT2D eigenvalue weighted by Gasteiger charge is -2.03.